The number of imide groups is 1. The topological polar surface area (TPSA) is 37.4 Å². The molecule has 2 bridgehead atoms. The number of amides is 2. The summed E-state index contributed by atoms with van der Waals surface area (Å²) in [5.41, 5.74) is 0.435. The van der Waals surface area contributed by atoms with Crippen LogP contribution in [0.25, 0.3) is 10.8 Å². The number of halogens is 6. The first-order valence-corrected chi connectivity index (χ1v) is 10.5. The predicted molar refractivity (Wildman–Crippen MR) is 114 cm³/mol. The summed E-state index contributed by atoms with van der Waals surface area (Å²) >= 11 is 39.1. The van der Waals surface area contributed by atoms with Crippen LogP contribution in [0.2, 0.25) is 0 Å². The highest BCUT2D eigenvalue weighted by molar-refractivity contribution is 6.67. The number of rotatable bonds is 1. The molecule has 2 aromatic carbocycles. The number of benzene rings is 2. The monoisotopic (exact) mass is 493 g/mol. The van der Waals surface area contributed by atoms with Crippen molar-refractivity contribution in [1.29, 1.82) is 0 Å². The SMILES string of the molecule is O=C1[C@@H]2[C@H](C(=O)N1c1cccc3ccccc13)[C@@]1(Cl)C(Cl)=C(Cl)[C@@]2(Cl)C1(Cl)Cl. The van der Waals surface area contributed by atoms with E-state index < -0.39 is 37.7 Å². The van der Waals surface area contributed by atoms with Crippen molar-refractivity contribution in [2.45, 2.75) is 14.1 Å². The van der Waals surface area contributed by atoms with Crippen molar-refractivity contribution in [3.05, 3.63) is 52.5 Å². The summed E-state index contributed by atoms with van der Waals surface area (Å²) < 4.78 is -1.93. The van der Waals surface area contributed by atoms with Gasteiger partial charge in [0.05, 0.1) is 27.6 Å². The highest BCUT2D eigenvalue weighted by Crippen LogP contribution is 2.77. The van der Waals surface area contributed by atoms with E-state index in [1.165, 1.54) is 0 Å². The Morgan fingerprint density at radius 1 is 0.750 bits per heavy atom. The Balaban J connectivity index is 1.74. The zero-order valence-electron chi connectivity index (χ0n) is 13.7. The standard InChI is InChI=1S/C19H9Cl6NO2/c20-13-14(21)18(23)12-11(17(13,22)19(18,24)25)15(27)26(16(12)28)10-7-3-5-8-4-1-2-6-9(8)10/h1-7,11-12H/t11-,12+,17-,18-/m1/s1. The van der Waals surface area contributed by atoms with Crippen LogP contribution in [0.15, 0.2) is 52.5 Å². The van der Waals surface area contributed by atoms with Gasteiger partial charge in [0.15, 0.2) is 4.33 Å². The first kappa shape index (κ1) is 19.3. The molecule has 2 fully saturated rings. The van der Waals surface area contributed by atoms with Gasteiger partial charge >= 0.3 is 0 Å². The largest absolute Gasteiger partial charge is 0.274 e. The molecule has 0 N–H and O–H groups in total. The van der Waals surface area contributed by atoms with Crippen LogP contribution in [0.5, 0.6) is 0 Å². The highest BCUT2D eigenvalue weighted by Gasteiger charge is 2.87. The molecule has 1 aliphatic heterocycles. The van der Waals surface area contributed by atoms with Crippen molar-refractivity contribution < 1.29 is 9.59 Å². The number of carbonyl (C=O) groups excluding carboxylic acids is 2. The van der Waals surface area contributed by atoms with E-state index in [4.69, 9.17) is 69.6 Å². The van der Waals surface area contributed by atoms with Crippen LogP contribution >= 0.6 is 69.6 Å². The van der Waals surface area contributed by atoms with Gasteiger partial charge < -0.3 is 0 Å². The fraction of sp³-hybridized carbons (Fsp3) is 0.263. The van der Waals surface area contributed by atoms with E-state index in [0.29, 0.717) is 5.69 Å². The van der Waals surface area contributed by atoms with Gasteiger partial charge in [-0.25, -0.2) is 4.90 Å². The fourth-order valence-electron chi connectivity index (χ4n) is 4.64. The maximum atomic E-state index is 13.4. The molecular formula is C19H9Cl6NO2. The Labute approximate surface area is 190 Å². The third-order valence-electron chi connectivity index (χ3n) is 5.92. The molecule has 0 radical (unpaired) electrons. The van der Waals surface area contributed by atoms with Crippen molar-refractivity contribution in [1.82, 2.24) is 0 Å². The third-order valence-corrected chi connectivity index (χ3v) is 10.2. The molecule has 4 atom stereocenters. The number of hydrogen-bond acceptors (Lipinski definition) is 2. The van der Waals surface area contributed by atoms with Gasteiger partial charge in [-0.05, 0) is 11.5 Å². The quantitative estimate of drug-likeness (QED) is 0.371. The fourth-order valence-corrected chi connectivity index (χ4v) is 7.56. The third kappa shape index (κ3) is 1.84. The Bertz CT molecular complexity index is 1080. The number of allylic oxidation sites excluding steroid dienone is 2. The van der Waals surface area contributed by atoms with Gasteiger partial charge in [0.1, 0.15) is 9.75 Å². The molecule has 2 amide bonds. The van der Waals surface area contributed by atoms with Gasteiger partial charge in [-0.15, -0.1) is 23.2 Å². The summed E-state index contributed by atoms with van der Waals surface area (Å²) in [5.74, 6) is -3.39. The van der Waals surface area contributed by atoms with Crippen LogP contribution in [0.4, 0.5) is 5.69 Å². The zero-order valence-corrected chi connectivity index (χ0v) is 18.3. The van der Waals surface area contributed by atoms with Gasteiger partial charge in [0, 0.05) is 5.39 Å². The van der Waals surface area contributed by atoms with Crippen LogP contribution < -0.4 is 4.90 Å². The molecule has 2 aliphatic carbocycles. The molecule has 144 valence electrons. The molecule has 0 spiro atoms. The second-order valence-corrected chi connectivity index (χ2v) is 10.4. The molecule has 0 unspecified atom stereocenters. The average Bonchev–Trinajstić information content (AvgIpc) is 3.05. The van der Waals surface area contributed by atoms with Crippen LogP contribution in [0, 0.1) is 11.8 Å². The molecule has 28 heavy (non-hydrogen) atoms. The first-order valence-electron chi connectivity index (χ1n) is 8.27. The Kier molecular flexibility index (Phi) is 3.94. The van der Waals surface area contributed by atoms with Crippen molar-refractivity contribution in [3.8, 4) is 0 Å². The lowest BCUT2D eigenvalue weighted by Gasteiger charge is -2.34. The van der Waals surface area contributed by atoms with Gasteiger partial charge in [-0.2, -0.15) is 0 Å². The number of anilines is 1. The second kappa shape index (κ2) is 5.72. The predicted octanol–water partition coefficient (Wildman–Crippen LogP) is 5.79. The van der Waals surface area contributed by atoms with Crippen LogP contribution in [0.1, 0.15) is 0 Å². The summed E-state index contributed by atoms with van der Waals surface area (Å²) in [7, 11) is 0. The van der Waals surface area contributed by atoms with E-state index in [9.17, 15) is 9.59 Å². The van der Waals surface area contributed by atoms with E-state index in [1.807, 2.05) is 30.3 Å². The highest BCUT2D eigenvalue weighted by atomic mass is 35.5. The summed E-state index contributed by atoms with van der Waals surface area (Å²) in [6.45, 7) is 0. The van der Waals surface area contributed by atoms with Crippen LogP contribution in [-0.4, -0.2) is 25.9 Å². The maximum absolute atomic E-state index is 13.4. The lowest BCUT2D eigenvalue weighted by Crippen LogP contribution is -2.50. The van der Waals surface area contributed by atoms with Crippen LogP contribution in [0.3, 0.4) is 0 Å². The van der Waals surface area contributed by atoms with Crippen LogP contribution in [-0.2, 0) is 9.59 Å². The molecule has 0 aromatic heterocycles. The van der Waals surface area contributed by atoms with Crippen molar-refractivity contribution in [2.24, 2.45) is 11.8 Å². The van der Waals surface area contributed by atoms with Crippen molar-refractivity contribution in [2.75, 3.05) is 4.90 Å². The summed E-state index contributed by atoms with van der Waals surface area (Å²) in [4.78, 5) is 24.4. The first-order chi connectivity index (χ1) is 13.1. The van der Waals surface area contributed by atoms with Gasteiger partial charge in [-0.1, -0.05) is 82.8 Å². The van der Waals surface area contributed by atoms with E-state index >= 15 is 0 Å². The van der Waals surface area contributed by atoms with Gasteiger partial charge in [0.2, 0.25) is 11.8 Å². The molecule has 3 aliphatic rings. The van der Waals surface area contributed by atoms with E-state index in [1.54, 1.807) is 12.1 Å². The molecular weight excluding hydrogens is 487 g/mol. The molecule has 3 nitrogen and oxygen atoms in total. The molecule has 2 aromatic rings. The smallest absolute Gasteiger partial charge is 0.240 e. The Hall–Kier alpha value is -0.680. The summed E-state index contributed by atoms with van der Waals surface area (Å²) in [6, 6.07) is 12.7. The van der Waals surface area contributed by atoms with E-state index in [0.717, 1.165) is 15.7 Å². The lowest BCUT2D eigenvalue weighted by molar-refractivity contribution is -0.123. The molecule has 9 heteroatoms. The number of fused-ring (bicyclic) bond motifs is 6. The minimum atomic E-state index is -1.93. The molecule has 5 rings (SSSR count). The maximum Gasteiger partial charge on any atom is 0.240 e. The Morgan fingerprint density at radius 3 is 1.82 bits per heavy atom. The van der Waals surface area contributed by atoms with E-state index in [-0.39, 0.29) is 10.1 Å². The van der Waals surface area contributed by atoms with Gasteiger partial charge in [0.25, 0.3) is 0 Å². The van der Waals surface area contributed by atoms with Crippen molar-refractivity contribution in [3.63, 3.8) is 0 Å². The number of alkyl halides is 4. The number of hydrogen-bond donors (Lipinski definition) is 0. The summed E-state index contributed by atoms with van der Waals surface area (Å²) in [6.07, 6.45) is 0. The molecule has 1 saturated carbocycles. The second-order valence-electron chi connectivity index (χ2n) is 7.09. The van der Waals surface area contributed by atoms with Crippen molar-refractivity contribution >= 4 is 97.9 Å². The normalized spacial score (nSPS) is 36.0. The van der Waals surface area contributed by atoms with Gasteiger partial charge in [-0.3, -0.25) is 9.59 Å². The summed E-state index contributed by atoms with van der Waals surface area (Å²) in [5, 5.41) is 1.41. The average molecular weight is 496 g/mol. The minimum absolute atomic E-state index is 0.0991. The number of carbonyl (C=O) groups is 2. The lowest BCUT2D eigenvalue weighted by atomic mass is 9.84. The molecule has 1 heterocycles. The molecule has 1 saturated heterocycles. The van der Waals surface area contributed by atoms with E-state index in [2.05, 4.69) is 0 Å². The minimum Gasteiger partial charge on any atom is -0.274 e. The zero-order chi connectivity index (χ0) is 20.2. The Morgan fingerprint density at radius 2 is 1.25 bits per heavy atom. The number of nitrogens with zero attached hydrogens (tertiary/aromatic N) is 1.